The minimum Gasteiger partial charge on any atom is -0.444 e. The quantitative estimate of drug-likeness (QED) is 0.0287. The molecule has 16 nitrogen and oxygen atoms in total. The van der Waals surface area contributed by atoms with E-state index >= 15 is 0 Å². The molecule has 4 fully saturated rings. The van der Waals surface area contributed by atoms with Crippen molar-refractivity contribution < 1.29 is 42.9 Å². The maximum atomic E-state index is 12.2. The monoisotopic (exact) mass is 1710 g/mol. The molecule has 0 bridgehead atoms. The van der Waals surface area contributed by atoms with Crippen molar-refractivity contribution in [2.45, 2.75) is 227 Å². The summed E-state index contributed by atoms with van der Waals surface area (Å²) in [7, 11) is 26.6. The van der Waals surface area contributed by atoms with E-state index in [1.165, 1.54) is 60.3 Å². The lowest BCUT2D eigenvalue weighted by atomic mass is 10.0. The molecule has 4 aliphatic rings. The van der Waals surface area contributed by atoms with E-state index in [2.05, 4.69) is 120 Å². The number of carbonyl (C=O) groups excluding carboxylic acids is 5. The van der Waals surface area contributed by atoms with Crippen LogP contribution in [0.5, 0.6) is 0 Å². The fourth-order valence-electron chi connectivity index (χ4n) is 9.17. The van der Waals surface area contributed by atoms with Crippen molar-refractivity contribution in [3.8, 4) is 0 Å². The largest absolute Gasteiger partial charge is 0.444 e. The van der Waals surface area contributed by atoms with Crippen LogP contribution >= 0.6 is 204 Å². The molecule has 0 aromatic heterocycles. The summed E-state index contributed by atoms with van der Waals surface area (Å²) >= 11 is 15.7. The van der Waals surface area contributed by atoms with Crippen molar-refractivity contribution in [1.29, 1.82) is 0 Å². The summed E-state index contributed by atoms with van der Waals surface area (Å²) in [6.07, 6.45) is 9.89. The van der Waals surface area contributed by atoms with Crippen LogP contribution in [0.3, 0.4) is 0 Å². The van der Waals surface area contributed by atoms with Gasteiger partial charge in [-0.15, -0.1) is 0 Å². The van der Waals surface area contributed by atoms with Gasteiger partial charge in [-0.3, -0.25) is 4.79 Å². The Morgan fingerprint density at radius 1 is 0.406 bits per heavy atom. The van der Waals surface area contributed by atoms with E-state index in [9.17, 15) is 24.0 Å². The lowest BCUT2D eigenvalue weighted by Gasteiger charge is -2.26. The number of nitrogens with two attached hydrogens (primary N) is 1. The molecule has 4 N–H and O–H groups in total. The molecule has 554 valence electrons. The predicted octanol–water partition coefficient (Wildman–Crippen LogP) is 23.9. The fourth-order valence-corrected chi connectivity index (χ4v) is 43.2. The number of ether oxygens (including phenoxy) is 4. The van der Waals surface area contributed by atoms with Gasteiger partial charge in [-0.05, 0) is 329 Å². The zero-order valence-electron chi connectivity index (χ0n) is 57.7. The third kappa shape index (κ3) is 52.9. The van der Waals surface area contributed by atoms with Crippen LogP contribution in [0.2, 0.25) is 0 Å². The highest BCUT2D eigenvalue weighted by Crippen LogP contribution is 2.62. The first-order chi connectivity index (χ1) is 45.3. The van der Waals surface area contributed by atoms with Crippen molar-refractivity contribution in [2.75, 3.05) is 52.4 Å². The number of Topliss-reactive ketones (excluding diaryl/α,β-unsaturated/α-hetero) is 1. The summed E-state index contributed by atoms with van der Waals surface area (Å²) in [5, 5.41) is 7.41. The van der Waals surface area contributed by atoms with Crippen LogP contribution < -0.4 is 16.4 Å². The SMILES string of the molecule is CC(C)(C)OC(=O)N1CCCC(=O)CC1.CC(C)(C)OC(=O)N1CCC[C@H](N)CC1.C[C@@H](NC1CCCN(C(=O)OC(C)(C)C)CC1)c1ccccc1.C[C@@H](N[C@H]1CCCN(C(=O)OC(C)(C)C)CC1)c1ccccc1.SSSSS.SSSSSSSSSSSSSSS. The van der Waals surface area contributed by atoms with Crippen LogP contribution in [0, 0.1) is 0 Å². The minimum absolute atomic E-state index is 0.186. The first kappa shape index (κ1) is 96.1. The van der Waals surface area contributed by atoms with Crippen molar-refractivity contribution in [2.24, 2.45) is 5.73 Å². The summed E-state index contributed by atoms with van der Waals surface area (Å²) in [6, 6.07) is 22.8. The molecular formula is C60H105N7O9S20. The van der Waals surface area contributed by atoms with Gasteiger partial charge in [-0.1, -0.05) is 107 Å². The summed E-state index contributed by atoms with van der Waals surface area (Å²) < 4.78 is 21.5. The Bertz CT molecular complexity index is 2270. The number of rotatable bonds is 20. The maximum absolute atomic E-state index is 12.2. The highest BCUT2D eigenvalue weighted by Gasteiger charge is 2.29. The molecule has 5 atom stereocenters. The van der Waals surface area contributed by atoms with Crippen LogP contribution in [0.15, 0.2) is 60.7 Å². The Balaban J connectivity index is 0.000000597. The molecule has 96 heavy (non-hydrogen) atoms. The van der Waals surface area contributed by atoms with Gasteiger partial charge >= 0.3 is 24.4 Å². The van der Waals surface area contributed by atoms with Gasteiger partial charge in [-0.2, -0.15) is 0 Å². The van der Waals surface area contributed by atoms with Gasteiger partial charge in [0.15, 0.2) is 0 Å². The maximum Gasteiger partial charge on any atom is 0.410 e. The number of hydrogen-bond acceptors (Lipinski definition) is 32. The molecule has 0 radical (unpaired) electrons. The predicted molar refractivity (Wildman–Crippen MR) is 461 cm³/mol. The van der Waals surface area contributed by atoms with E-state index in [0.717, 1.165) is 103 Å². The zero-order chi connectivity index (χ0) is 72.0. The summed E-state index contributed by atoms with van der Waals surface area (Å²) in [5.41, 5.74) is 6.73. The first-order valence-electron chi connectivity index (χ1n) is 31.3. The number of nitrogens with one attached hydrogen (secondary N) is 2. The molecule has 6 rings (SSSR count). The number of ketones is 1. The third-order valence-corrected chi connectivity index (χ3v) is 45.3. The Morgan fingerprint density at radius 2 is 0.698 bits per heavy atom. The molecular weight excluding hydrogens is 1600 g/mol. The molecule has 4 aliphatic heterocycles. The van der Waals surface area contributed by atoms with Gasteiger partial charge in [0, 0.05) is 95.4 Å². The minimum atomic E-state index is -0.465. The fraction of sp³-hybridized carbons (Fsp3) is 0.717. The van der Waals surface area contributed by atoms with Gasteiger partial charge in [0.1, 0.15) is 28.2 Å². The second-order valence-electron chi connectivity index (χ2n) is 25.9. The van der Waals surface area contributed by atoms with Crippen LogP contribution in [0.4, 0.5) is 19.2 Å². The summed E-state index contributed by atoms with van der Waals surface area (Å²) in [6.45, 7) is 32.7. The Labute approximate surface area is 656 Å². The molecule has 0 aliphatic carbocycles. The van der Waals surface area contributed by atoms with E-state index in [1.54, 1.807) is 118 Å². The number of likely N-dealkylation sites (tertiary alicyclic amines) is 4. The van der Waals surface area contributed by atoms with Crippen molar-refractivity contribution in [3.05, 3.63) is 71.8 Å². The molecule has 0 saturated carbocycles. The number of benzene rings is 2. The zero-order valence-corrected chi connectivity index (χ0v) is 74.3. The van der Waals surface area contributed by atoms with E-state index in [1.807, 2.05) is 105 Å². The first-order valence-corrected chi connectivity index (χ1v) is 55.8. The second-order valence-corrected chi connectivity index (χ2v) is 54.9. The topological polar surface area (TPSA) is 185 Å². The molecule has 1 unspecified atom stereocenters. The van der Waals surface area contributed by atoms with Gasteiger partial charge in [-0.25, -0.2) is 19.2 Å². The van der Waals surface area contributed by atoms with E-state index in [4.69, 9.17) is 24.7 Å². The van der Waals surface area contributed by atoms with Crippen molar-refractivity contribution in [3.63, 3.8) is 0 Å². The van der Waals surface area contributed by atoms with E-state index in [0.29, 0.717) is 50.1 Å². The lowest BCUT2D eigenvalue weighted by Crippen LogP contribution is -2.38. The Kier molecular flexibility index (Phi) is 56.4. The van der Waals surface area contributed by atoms with Crippen LogP contribution in [0.25, 0.3) is 0 Å². The van der Waals surface area contributed by atoms with Crippen LogP contribution in [-0.2, 0) is 23.7 Å². The summed E-state index contributed by atoms with van der Waals surface area (Å²) in [5.74, 6) is 0.237. The van der Waals surface area contributed by atoms with Gasteiger partial charge in [0.05, 0.1) is 0 Å². The van der Waals surface area contributed by atoms with Crippen LogP contribution in [-0.4, -0.2) is 143 Å². The smallest absolute Gasteiger partial charge is 0.410 e. The lowest BCUT2D eigenvalue weighted by molar-refractivity contribution is -0.118. The molecule has 36 heteroatoms. The molecule has 2 aromatic rings. The van der Waals surface area contributed by atoms with E-state index < -0.39 is 22.4 Å². The number of nitrogens with zero attached hydrogens (tertiary/aromatic N) is 4. The third-order valence-electron chi connectivity index (χ3n) is 13.3. The van der Waals surface area contributed by atoms with Crippen molar-refractivity contribution in [1.82, 2.24) is 30.2 Å². The normalized spacial score (nSPS) is 18.6. The Hall–Kier alpha value is 2.07. The molecule has 4 amide bonds. The number of carbonyl (C=O) groups is 5. The molecule has 0 spiro atoms. The molecule has 2 aromatic carbocycles. The van der Waals surface area contributed by atoms with Crippen molar-refractivity contribution >= 4 is 234 Å². The highest BCUT2D eigenvalue weighted by molar-refractivity contribution is 9.56. The Morgan fingerprint density at radius 3 is 1.01 bits per heavy atom. The second kappa shape index (κ2) is 56.4. The van der Waals surface area contributed by atoms with Gasteiger partial charge < -0.3 is 54.9 Å². The van der Waals surface area contributed by atoms with Crippen LogP contribution in [0.1, 0.15) is 197 Å². The van der Waals surface area contributed by atoms with Gasteiger partial charge in [0.2, 0.25) is 0 Å². The molecule has 4 saturated heterocycles. The molecule has 4 heterocycles. The average Bonchev–Trinajstić information content (AvgIpc) is 1.76. The number of amides is 4. The standard InChI is InChI=1S/2C19H30N2O2.C11H22N2O2.C11H19NO3.H2S15.H2S5/c2*1-15(16-9-6-5-7-10-16)20-17-11-8-13-21(14-12-17)18(22)23-19(2,3)4;1-11(2,3)15-10(14)13-7-4-5-9(12)6-8-13;1-11(2,3)15-10(14)12-7-4-5-9(13)6-8-12;1-3-5-7-9-11-13-15-14-12-10-8-6-4-2;1-3-5-4-2/h2*5-7,9-10,15,17,20H,8,11-14H2,1-4H3;9H,4-8,12H2,1-3H3;4-8H2,1-3H3;1-2H;1-2H/t15-,17?;15-,17+;9-;;;/m110.../s1. The number of thiol groups is 4. The average molecular weight is 1710 g/mol. The van der Waals surface area contributed by atoms with Gasteiger partial charge in [0.25, 0.3) is 0 Å². The number of hydrogen-bond donors (Lipinski definition) is 7. The summed E-state index contributed by atoms with van der Waals surface area (Å²) in [4.78, 5) is 66.0. The highest BCUT2D eigenvalue weighted by atomic mass is 34.0. The van der Waals surface area contributed by atoms with E-state index in [-0.39, 0.29) is 36.2 Å².